The molecule has 12 rings (SSSR count). The summed E-state index contributed by atoms with van der Waals surface area (Å²) in [7, 11) is 0. The molecule has 4 aliphatic rings. The van der Waals surface area contributed by atoms with Crippen molar-refractivity contribution in [2.45, 2.75) is 19.8 Å². The van der Waals surface area contributed by atoms with Gasteiger partial charge in [-0.1, -0.05) is 140 Å². The molecule has 0 saturated heterocycles. The van der Waals surface area contributed by atoms with E-state index in [0.717, 1.165) is 63.2 Å². The Morgan fingerprint density at radius 3 is 2.13 bits per heavy atom. The lowest BCUT2D eigenvalue weighted by Gasteiger charge is -2.42. The first kappa shape index (κ1) is 35.8. The summed E-state index contributed by atoms with van der Waals surface area (Å²) in [6, 6.07) is 52.4. The van der Waals surface area contributed by atoms with E-state index in [0.29, 0.717) is 0 Å². The lowest BCUT2D eigenvalue weighted by Crippen LogP contribution is -2.43. The van der Waals surface area contributed by atoms with Gasteiger partial charge in [-0.2, -0.15) is 0 Å². The Hall–Kier alpha value is -7.14. The van der Waals surface area contributed by atoms with E-state index in [9.17, 15) is 0 Å². The molecular formula is C57H42N2OS. The largest absolute Gasteiger partial charge is 0.454 e. The van der Waals surface area contributed by atoms with Gasteiger partial charge < -0.3 is 14.2 Å². The number of anilines is 4. The quantitative estimate of drug-likeness (QED) is 0.160. The van der Waals surface area contributed by atoms with Crippen molar-refractivity contribution in [1.29, 1.82) is 0 Å². The van der Waals surface area contributed by atoms with Crippen LogP contribution in [0.2, 0.25) is 0 Å². The summed E-state index contributed by atoms with van der Waals surface area (Å²) in [6.45, 7) is 2.44. The number of fused-ring (bicyclic) bond motifs is 9. The SMILES string of the molecule is CC12C=C(N(c3ccccc3)c3ccccc3)C=CC1=c1sc3cc(-c4ccc(N(C5=CCCC=C5)c5cccc6c5oc5ccccc56)cc4)ccc3c1=C1C=CC=CC12. The molecule has 2 aromatic heterocycles. The van der Waals surface area contributed by atoms with Gasteiger partial charge in [0.1, 0.15) is 5.58 Å². The number of furan rings is 1. The zero-order chi connectivity index (χ0) is 40.5. The smallest absolute Gasteiger partial charge is 0.159 e. The highest BCUT2D eigenvalue weighted by atomic mass is 32.1. The third kappa shape index (κ3) is 5.78. The third-order valence-corrected chi connectivity index (χ3v) is 14.1. The molecule has 4 aliphatic carbocycles. The first-order chi connectivity index (χ1) is 30.1. The van der Waals surface area contributed by atoms with Crippen molar-refractivity contribution in [1.82, 2.24) is 0 Å². The van der Waals surface area contributed by atoms with Gasteiger partial charge in [0.05, 0.1) is 5.69 Å². The number of allylic oxidation sites excluding steroid dienone is 10. The van der Waals surface area contributed by atoms with Crippen LogP contribution in [0.5, 0.6) is 0 Å². The van der Waals surface area contributed by atoms with Crippen LogP contribution in [-0.2, 0) is 0 Å². The second-order valence-electron chi connectivity index (χ2n) is 16.5. The monoisotopic (exact) mass is 802 g/mol. The van der Waals surface area contributed by atoms with Crippen molar-refractivity contribution in [3.63, 3.8) is 0 Å². The molecule has 2 heterocycles. The van der Waals surface area contributed by atoms with Crippen molar-refractivity contribution in [2.75, 3.05) is 9.80 Å². The molecule has 292 valence electrons. The second-order valence-corrected chi connectivity index (χ2v) is 17.6. The molecular weight excluding hydrogens is 761 g/mol. The van der Waals surface area contributed by atoms with Crippen LogP contribution in [0.1, 0.15) is 19.8 Å². The highest BCUT2D eigenvalue weighted by Crippen LogP contribution is 2.51. The van der Waals surface area contributed by atoms with E-state index in [1.54, 1.807) is 0 Å². The van der Waals surface area contributed by atoms with Crippen molar-refractivity contribution in [3.8, 4) is 11.1 Å². The van der Waals surface area contributed by atoms with Crippen LogP contribution in [-0.4, -0.2) is 0 Å². The van der Waals surface area contributed by atoms with E-state index >= 15 is 0 Å². The van der Waals surface area contributed by atoms with E-state index in [-0.39, 0.29) is 11.3 Å². The maximum Gasteiger partial charge on any atom is 0.159 e. The second kappa shape index (κ2) is 14.3. The Morgan fingerprint density at radius 1 is 0.607 bits per heavy atom. The van der Waals surface area contributed by atoms with Crippen LogP contribution in [0.15, 0.2) is 222 Å². The standard InChI is InChI=1S/C57H42N2OS/c1-57-37-44(58(40-16-5-2-6-17-40)41-18-7-3-8-19-41)33-35-50(57)56-54(47-23-11-13-25-49(47)57)48-34-30-39(36-53(48)61-56)38-28-31-43(32-29-38)59(42-20-9-4-10-21-42)51-26-15-24-46-45-22-12-14-27-52(45)60-55(46)51/h2-3,5-9,11-37,49H,4,10H2,1H3. The van der Waals surface area contributed by atoms with E-state index < -0.39 is 0 Å². The number of hydrogen-bond acceptors (Lipinski definition) is 4. The van der Waals surface area contributed by atoms with Crippen LogP contribution in [0.25, 0.3) is 54.3 Å². The first-order valence-electron chi connectivity index (χ1n) is 21.3. The van der Waals surface area contributed by atoms with Crippen molar-refractivity contribution in [2.24, 2.45) is 11.3 Å². The molecule has 3 nitrogen and oxygen atoms in total. The number of para-hydroxylation sites is 4. The third-order valence-electron chi connectivity index (χ3n) is 12.9. The Bertz CT molecular complexity index is 3340. The molecule has 0 N–H and O–H groups in total. The van der Waals surface area contributed by atoms with Crippen LogP contribution in [0.3, 0.4) is 0 Å². The van der Waals surface area contributed by atoms with Crippen molar-refractivity contribution in [3.05, 3.63) is 227 Å². The van der Waals surface area contributed by atoms with Gasteiger partial charge in [0.25, 0.3) is 0 Å². The predicted molar refractivity (Wildman–Crippen MR) is 258 cm³/mol. The van der Waals surface area contributed by atoms with E-state index in [1.807, 2.05) is 17.4 Å². The summed E-state index contributed by atoms with van der Waals surface area (Å²) in [4.78, 5) is 4.74. The number of thiophene rings is 1. The molecule has 2 unspecified atom stereocenters. The maximum absolute atomic E-state index is 6.56. The molecule has 4 heteroatoms. The highest BCUT2D eigenvalue weighted by Gasteiger charge is 2.42. The van der Waals surface area contributed by atoms with Gasteiger partial charge in [-0.25, -0.2) is 0 Å². The lowest BCUT2D eigenvalue weighted by atomic mass is 9.63. The summed E-state index contributed by atoms with van der Waals surface area (Å²) in [5.41, 5.74) is 13.6. The minimum absolute atomic E-state index is 0.209. The summed E-state index contributed by atoms with van der Waals surface area (Å²) >= 11 is 1.93. The Labute approximate surface area is 359 Å². The highest BCUT2D eigenvalue weighted by molar-refractivity contribution is 7.17. The molecule has 8 aromatic rings. The van der Waals surface area contributed by atoms with Crippen molar-refractivity contribution < 1.29 is 4.42 Å². The summed E-state index contributed by atoms with van der Waals surface area (Å²) < 4.78 is 9.24. The summed E-state index contributed by atoms with van der Waals surface area (Å²) in [6.07, 6.45) is 25.4. The maximum atomic E-state index is 6.56. The number of rotatable bonds is 7. The number of hydrogen-bond donors (Lipinski definition) is 0. The molecule has 0 fully saturated rings. The van der Waals surface area contributed by atoms with Gasteiger partial charge in [-0.15, -0.1) is 11.3 Å². The van der Waals surface area contributed by atoms with Gasteiger partial charge in [0.2, 0.25) is 0 Å². The minimum atomic E-state index is -0.240. The van der Waals surface area contributed by atoms with Gasteiger partial charge in [-0.3, -0.25) is 0 Å². The molecule has 6 aromatic carbocycles. The van der Waals surface area contributed by atoms with Crippen LogP contribution < -0.4 is 19.6 Å². The zero-order valence-electron chi connectivity index (χ0n) is 33.8. The Balaban J connectivity index is 0.953. The van der Waals surface area contributed by atoms with Gasteiger partial charge in [-0.05, 0) is 108 Å². The molecule has 61 heavy (non-hydrogen) atoms. The van der Waals surface area contributed by atoms with Crippen LogP contribution >= 0.6 is 11.3 Å². The molecule has 0 saturated carbocycles. The number of benzene rings is 6. The zero-order valence-corrected chi connectivity index (χ0v) is 34.6. The molecule has 0 bridgehead atoms. The Morgan fingerprint density at radius 2 is 1.34 bits per heavy atom. The molecule has 0 amide bonds. The van der Waals surface area contributed by atoms with E-state index in [2.05, 4.69) is 217 Å². The average molecular weight is 803 g/mol. The summed E-state index contributed by atoms with van der Waals surface area (Å²) in [5, 5.41) is 4.98. The molecule has 2 atom stereocenters. The van der Waals surface area contributed by atoms with Gasteiger partial charge in [0.15, 0.2) is 5.58 Å². The van der Waals surface area contributed by atoms with Crippen LogP contribution in [0.4, 0.5) is 22.7 Å². The topological polar surface area (TPSA) is 19.6 Å². The average Bonchev–Trinajstić information content (AvgIpc) is 3.90. The van der Waals surface area contributed by atoms with Gasteiger partial charge in [0, 0.05) is 70.4 Å². The number of nitrogens with zero attached hydrogens (tertiary/aromatic N) is 2. The minimum Gasteiger partial charge on any atom is -0.454 e. The van der Waals surface area contributed by atoms with Crippen LogP contribution in [0, 0.1) is 11.3 Å². The van der Waals surface area contributed by atoms with Gasteiger partial charge >= 0.3 is 0 Å². The van der Waals surface area contributed by atoms with E-state index in [1.165, 1.54) is 47.8 Å². The van der Waals surface area contributed by atoms with Crippen molar-refractivity contribution >= 4 is 77.3 Å². The van der Waals surface area contributed by atoms with E-state index in [4.69, 9.17) is 4.42 Å². The predicted octanol–water partition coefficient (Wildman–Crippen LogP) is 14.2. The molecule has 0 spiro atoms. The fourth-order valence-corrected chi connectivity index (χ4v) is 11.5. The summed E-state index contributed by atoms with van der Waals surface area (Å²) in [5.74, 6) is 0.209. The fourth-order valence-electron chi connectivity index (χ4n) is 10.1. The molecule has 0 aliphatic heterocycles. The normalized spacial score (nSPS) is 18.9. The first-order valence-corrected chi connectivity index (χ1v) is 22.1. The Kier molecular flexibility index (Phi) is 8.36. The fraction of sp³-hybridized carbons (Fsp3) is 0.0877. The lowest BCUT2D eigenvalue weighted by molar-refractivity contribution is 0.482. The molecule has 0 radical (unpaired) electrons.